The summed E-state index contributed by atoms with van der Waals surface area (Å²) in [5.41, 5.74) is 1.97. The van der Waals surface area contributed by atoms with Crippen LogP contribution >= 0.6 is 0 Å². The van der Waals surface area contributed by atoms with Crippen LogP contribution in [0.3, 0.4) is 0 Å². The van der Waals surface area contributed by atoms with E-state index in [-0.39, 0.29) is 25.0 Å². The molecular weight excluding hydrogens is 500 g/mol. The molecule has 2 unspecified atom stereocenters. The Morgan fingerprint density at radius 1 is 0.974 bits per heavy atom. The van der Waals surface area contributed by atoms with Crippen LogP contribution in [0.5, 0.6) is 0 Å². The van der Waals surface area contributed by atoms with Crippen molar-refractivity contribution < 1.29 is 24.0 Å². The number of carbonyl (C=O) groups excluding carboxylic acids is 5. The van der Waals surface area contributed by atoms with Crippen molar-refractivity contribution in [2.24, 2.45) is 5.92 Å². The molecule has 11 nitrogen and oxygen atoms in total. The average molecular weight is 533 g/mol. The van der Waals surface area contributed by atoms with E-state index in [1.807, 2.05) is 48.5 Å². The van der Waals surface area contributed by atoms with Crippen molar-refractivity contribution in [3.05, 3.63) is 71.9 Å². The maximum absolute atomic E-state index is 13.4. The van der Waals surface area contributed by atoms with Gasteiger partial charge in [0.25, 0.3) is 11.8 Å². The van der Waals surface area contributed by atoms with Gasteiger partial charge in [0, 0.05) is 36.7 Å². The van der Waals surface area contributed by atoms with E-state index < -0.39 is 35.6 Å². The lowest BCUT2D eigenvalue weighted by atomic mass is 10.0. The maximum Gasteiger partial charge on any atom is 0.317 e. The maximum atomic E-state index is 13.4. The standard InChI is InChI=1S/C28H32N6O5/c1-17(2)23(33-25(36)20-15-30-21-11-7-6-10-19(20)21)26(37)32-22(16-34-13-12-29-28(34)39)24(35)27(38)31-14-18-8-4-3-5-9-18/h3-11,15,17,22-23,30H,12-14,16H2,1-2H3,(H,29,39)(H,31,38)(H,32,37)(H,33,36). The molecule has 2 aromatic carbocycles. The molecule has 0 spiro atoms. The molecule has 0 bridgehead atoms. The van der Waals surface area contributed by atoms with E-state index in [1.54, 1.807) is 26.1 Å². The summed E-state index contributed by atoms with van der Waals surface area (Å²) in [5, 5.41) is 11.3. The summed E-state index contributed by atoms with van der Waals surface area (Å²) in [6.07, 6.45) is 1.57. The van der Waals surface area contributed by atoms with E-state index in [0.29, 0.717) is 24.0 Å². The fourth-order valence-corrected chi connectivity index (χ4v) is 4.40. The Morgan fingerprint density at radius 2 is 1.69 bits per heavy atom. The average Bonchev–Trinajstić information content (AvgIpc) is 3.55. The zero-order valence-corrected chi connectivity index (χ0v) is 21.8. The fourth-order valence-electron chi connectivity index (χ4n) is 4.40. The van der Waals surface area contributed by atoms with Gasteiger partial charge in [-0.15, -0.1) is 0 Å². The van der Waals surface area contributed by atoms with Gasteiger partial charge in [-0.2, -0.15) is 0 Å². The smallest absolute Gasteiger partial charge is 0.317 e. The second-order valence-corrected chi connectivity index (χ2v) is 9.71. The predicted molar refractivity (Wildman–Crippen MR) is 145 cm³/mol. The van der Waals surface area contributed by atoms with Gasteiger partial charge in [0.15, 0.2) is 0 Å². The van der Waals surface area contributed by atoms with Crippen molar-refractivity contribution in [1.29, 1.82) is 0 Å². The lowest BCUT2D eigenvalue weighted by molar-refractivity contribution is -0.140. The Hall–Kier alpha value is -4.67. The number of Topliss-reactive ketones (excluding diaryl/α,β-unsaturated/α-hetero) is 1. The number of benzene rings is 2. The first-order valence-electron chi connectivity index (χ1n) is 12.8. The molecule has 204 valence electrons. The molecule has 39 heavy (non-hydrogen) atoms. The Bertz CT molecular complexity index is 1370. The number of aromatic amines is 1. The quantitative estimate of drug-likeness (QED) is 0.236. The Morgan fingerprint density at radius 3 is 2.38 bits per heavy atom. The van der Waals surface area contributed by atoms with E-state index in [0.717, 1.165) is 11.1 Å². The van der Waals surface area contributed by atoms with Gasteiger partial charge in [-0.1, -0.05) is 62.4 Å². The minimum absolute atomic E-state index is 0.131. The third-order valence-electron chi connectivity index (χ3n) is 6.57. The number of rotatable bonds is 11. The highest BCUT2D eigenvalue weighted by molar-refractivity contribution is 6.38. The monoisotopic (exact) mass is 532 g/mol. The summed E-state index contributed by atoms with van der Waals surface area (Å²) >= 11 is 0. The summed E-state index contributed by atoms with van der Waals surface area (Å²) in [5.74, 6) is -3.19. The van der Waals surface area contributed by atoms with Gasteiger partial charge in [0.1, 0.15) is 12.1 Å². The molecule has 1 aromatic heterocycles. The summed E-state index contributed by atoms with van der Waals surface area (Å²) < 4.78 is 0. The summed E-state index contributed by atoms with van der Waals surface area (Å²) in [6, 6.07) is 13.7. The van der Waals surface area contributed by atoms with Crippen LogP contribution in [0.15, 0.2) is 60.8 Å². The first kappa shape index (κ1) is 27.4. The largest absolute Gasteiger partial charge is 0.360 e. The molecule has 1 aliphatic heterocycles. The van der Waals surface area contributed by atoms with Gasteiger partial charge in [0.2, 0.25) is 11.7 Å². The number of carbonyl (C=O) groups is 5. The van der Waals surface area contributed by atoms with Gasteiger partial charge < -0.3 is 31.2 Å². The number of nitrogens with zero attached hydrogens (tertiary/aromatic N) is 1. The topological polar surface area (TPSA) is 152 Å². The molecule has 1 fully saturated rings. The number of ketones is 1. The number of aromatic nitrogens is 1. The number of para-hydroxylation sites is 1. The van der Waals surface area contributed by atoms with E-state index in [9.17, 15) is 24.0 Å². The molecule has 2 heterocycles. The van der Waals surface area contributed by atoms with Crippen molar-refractivity contribution in [3.8, 4) is 0 Å². The number of H-pyrrole nitrogens is 1. The second-order valence-electron chi connectivity index (χ2n) is 9.71. The van der Waals surface area contributed by atoms with Crippen molar-refractivity contribution in [1.82, 2.24) is 31.2 Å². The van der Waals surface area contributed by atoms with Gasteiger partial charge >= 0.3 is 6.03 Å². The molecule has 11 heteroatoms. The molecule has 3 aromatic rings. The number of hydrogen-bond donors (Lipinski definition) is 5. The van der Waals surface area contributed by atoms with Gasteiger partial charge in [-0.3, -0.25) is 19.2 Å². The number of amides is 5. The highest BCUT2D eigenvalue weighted by atomic mass is 16.2. The molecule has 1 aliphatic rings. The highest BCUT2D eigenvalue weighted by Gasteiger charge is 2.35. The molecule has 1 saturated heterocycles. The Kier molecular flexibility index (Phi) is 8.60. The van der Waals surface area contributed by atoms with Crippen LogP contribution in [-0.2, 0) is 20.9 Å². The SMILES string of the molecule is CC(C)C(NC(=O)c1c[nH]c2ccccc12)C(=O)NC(CN1CCNC1=O)C(=O)C(=O)NCc1ccccc1. The normalized spacial score (nSPS) is 14.5. The number of hydrogen-bond acceptors (Lipinski definition) is 5. The van der Waals surface area contributed by atoms with Crippen LogP contribution in [0.25, 0.3) is 10.9 Å². The minimum Gasteiger partial charge on any atom is -0.360 e. The summed E-state index contributed by atoms with van der Waals surface area (Å²) in [6.45, 7) is 4.19. The van der Waals surface area contributed by atoms with Crippen molar-refractivity contribution in [2.45, 2.75) is 32.5 Å². The Labute approximate surface area is 225 Å². The van der Waals surface area contributed by atoms with E-state index >= 15 is 0 Å². The zero-order chi connectivity index (χ0) is 27.9. The fraction of sp³-hybridized carbons (Fsp3) is 0.321. The molecule has 4 rings (SSSR count). The number of fused-ring (bicyclic) bond motifs is 1. The third kappa shape index (κ3) is 6.61. The number of nitrogens with one attached hydrogen (secondary N) is 5. The van der Waals surface area contributed by atoms with Gasteiger partial charge in [0.05, 0.1) is 12.1 Å². The lowest BCUT2D eigenvalue weighted by Crippen LogP contribution is -2.58. The van der Waals surface area contributed by atoms with Crippen LogP contribution < -0.4 is 21.3 Å². The van der Waals surface area contributed by atoms with Crippen LogP contribution in [0.4, 0.5) is 4.79 Å². The van der Waals surface area contributed by atoms with Crippen LogP contribution in [0.2, 0.25) is 0 Å². The molecule has 0 saturated carbocycles. The van der Waals surface area contributed by atoms with Crippen molar-refractivity contribution in [2.75, 3.05) is 19.6 Å². The first-order chi connectivity index (χ1) is 18.7. The van der Waals surface area contributed by atoms with Crippen LogP contribution in [-0.4, -0.2) is 71.1 Å². The van der Waals surface area contributed by atoms with Crippen molar-refractivity contribution >= 4 is 40.4 Å². The first-order valence-corrected chi connectivity index (χ1v) is 12.8. The highest BCUT2D eigenvalue weighted by Crippen LogP contribution is 2.18. The Balaban J connectivity index is 1.48. The third-order valence-corrected chi connectivity index (χ3v) is 6.57. The molecule has 5 amide bonds. The summed E-state index contributed by atoms with van der Waals surface area (Å²) in [4.78, 5) is 69.0. The van der Waals surface area contributed by atoms with Crippen LogP contribution in [0.1, 0.15) is 29.8 Å². The van der Waals surface area contributed by atoms with Crippen LogP contribution in [0, 0.1) is 5.92 Å². The molecule has 2 atom stereocenters. The van der Waals surface area contributed by atoms with Gasteiger partial charge in [-0.25, -0.2) is 4.79 Å². The molecule has 0 aliphatic carbocycles. The lowest BCUT2D eigenvalue weighted by Gasteiger charge is -2.27. The van der Waals surface area contributed by atoms with E-state index in [1.165, 1.54) is 4.90 Å². The molecule has 0 radical (unpaired) electrons. The van der Waals surface area contributed by atoms with Gasteiger partial charge in [-0.05, 0) is 17.5 Å². The minimum atomic E-state index is -1.30. The summed E-state index contributed by atoms with van der Waals surface area (Å²) in [7, 11) is 0. The van der Waals surface area contributed by atoms with Crippen molar-refractivity contribution in [3.63, 3.8) is 0 Å². The second kappa shape index (κ2) is 12.2. The molecule has 5 N–H and O–H groups in total. The zero-order valence-electron chi connectivity index (χ0n) is 21.8. The van der Waals surface area contributed by atoms with E-state index in [2.05, 4.69) is 26.3 Å². The van der Waals surface area contributed by atoms with E-state index in [4.69, 9.17) is 0 Å². The number of urea groups is 1. The predicted octanol–water partition coefficient (Wildman–Crippen LogP) is 1.32. The molecular formula is C28H32N6O5.